The molecule has 7 nitrogen and oxygen atoms in total. The first-order chi connectivity index (χ1) is 15.5. The molecule has 2 aromatic heterocycles. The van der Waals surface area contributed by atoms with Gasteiger partial charge in [-0.3, -0.25) is 0 Å². The molecule has 5 rings (SSSR count). The number of nitrogens with one attached hydrogen (secondary N) is 1. The van der Waals surface area contributed by atoms with Gasteiger partial charge < -0.3 is 15.3 Å². The van der Waals surface area contributed by atoms with Crippen molar-refractivity contribution in [3.05, 3.63) is 70.6 Å². The number of hydrogen-bond donors (Lipinski definition) is 2. The number of nitrogens with zero attached hydrogens (tertiary/aromatic N) is 5. The number of halogens is 1. The highest BCUT2D eigenvalue weighted by molar-refractivity contribution is 5.60. The van der Waals surface area contributed by atoms with E-state index in [2.05, 4.69) is 31.2 Å². The van der Waals surface area contributed by atoms with Crippen molar-refractivity contribution in [2.45, 2.75) is 44.8 Å². The fourth-order valence-electron chi connectivity index (χ4n) is 4.41. The number of aliphatic hydroxyl groups is 1. The lowest BCUT2D eigenvalue weighted by Gasteiger charge is -2.36. The summed E-state index contributed by atoms with van der Waals surface area (Å²) < 4.78 is 14.6. The molecule has 1 aliphatic heterocycles. The van der Waals surface area contributed by atoms with E-state index >= 15 is 0 Å². The van der Waals surface area contributed by atoms with Crippen LogP contribution < -0.4 is 10.2 Å². The summed E-state index contributed by atoms with van der Waals surface area (Å²) in [6.07, 6.45) is 4.23. The van der Waals surface area contributed by atoms with Crippen LogP contribution in [0.1, 0.15) is 47.2 Å². The minimum atomic E-state index is -1.09. The third kappa shape index (κ3) is 3.55. The van der Waals surface area contributed by atoms with E-state index < -0.39 is 11.5 Å². The van der Waals surface area contributed by atoms with E-state index in [0.717, 1.165) is 41.9 Å². The van der Waals surface area contributed by atoms with E-state index in [9.17, 15) is 9.50 Å². The molecule has 32 heavy (non-hydrogen) atoms. The maximum absolute atomic E-state index is 14.6. The van der Waals surface area contributed by atoms with E-state index in [1.165, 1.54) is 6.33 Å². The zero-order chi connectivity index (χ0) is 22.3. The van der Waals surface area contributed by atoms with Gasteiger partial charge in [0.1, 0.15) is 18.0 Å². The standard InChI is InChI=1S/C24H23FN6O/c1-15-11-17(4-3-16(15)12-26)31-10-7-18-20(13-31)27-14-28-23(18)30-21-6-5-19(22(25)29-21)24(32)8-2-9-24/h3-6,11,14,32H,2,7-10,13H2,1H3,(H,27,28,29,30). The van der Waals surface area contributed by atoms with Crippen molar-refractivity contribution >= 4 is 17.3 Å². The van der Waals surface area contributed by atoms with Gasteiger partial charge in [0.2, 0.25) is 5.95 Å². The van der Waals surface area contributed by atoms with Gasteiger partial charge in [-0.2, -0.15) is 9.65 Å². The Labute approximate surface area is 185 Å². The normalized spacial score (nSPS) is 16.6. The van der Waals surface area contributed by atoms with Gasteiger partial charge in [0.25, 0.3) is 0 Å². The number of pyridine rings is 1. The summed E-state index contributed by atoms with van der Waals surface area (Å²) in [5.74, 6) is 0.315. The highest BCUT2D eigenvalue weighted by Gasteiger charge is 2.39. The van der Waals surface area contributed by atoms with Crippen LogP contribution in [-0.2, 0) is 18.6 Å². The van der Waals surface area contributed by atoms with E-state index in [0.29, 0.717) is 36.6 Å². The number of aryl methyl sites for hydroxylation is 1. The highest BCUT2D eigenvalue weighted by Crippen LogP contribution is 2.42. The molecule has 2 aliphatic rings. The van der Waals surface area contributed by atoms with Gasteiger partial charge in [-0.15, -0.1) is 0 Å². The molecular formula is C24H23FN6O. The molecule has 162 valence electrons. The lowest BCUT2D eigenvalue weighted by Crippen LogP contribution is -2.35. The van der Waals surface area contributed by atoms with Crippen LogP contribution in [0, 0.1) is 24.2 Å². The summed E-state index contributed by atoms with van der Waals surface area (Å²) in [5, 5.41) is 22.7. The monoisotopic (exact) mass is 430 g/mol. The Morgan fingerprint density at radius 1 is 1.22 bits per heavy atom. The molecule has 1 saturated carbocycles. The van der Waals surface area contributed by atoms with Gasteiger partial charge in [-0.1, -0.05) is 0 Å². The number of benzene rings is 1. The number of rotatable bonds is 4. The molecular weight excluding hydrogens is 407 g/mol. The lowest BCUT2D eigenvalue weighted by atomic mass is 9.75. The lowest BCUT2D eigenvalue weighted by molar-refractivity contribution is -0.0421. The molecule has 3 heterocycles. The van der Waals surface area contributed by atoms with Crippen molar-refractivity contribution in [3.63, 3.8) is 0 Å². The van der Waals surface area contributed by atoms with Crippen LogP contribution in [0.5, 0.6) is 0 Å². The van der Waals surface area contributed by atoms with E-state index in [1.807, 2.05) is 25.1 Å². The van der Waals surface area contributed by atoms with Crippen LogP contribution in [0.3, 0.4) is 0 Å². The zero-order valence-electron chi connectivity index (χ0n) is 17.8. The molecule has 0 unspecified atom stereocenters. The van der Waals surface area contributed by atoms with Crippen LogP contribution in [-0.4, -0.2) is 26.6 Å². The summed E-state index contributed by atoms with van der Waals surface area (Å²) in [7, 11) is 0. The predicted molar refractivity (Wildman–Crippen MR) is 118 cm³/mol. The first kappa shape index (κ1) is 20.3. The third-order valence-corrected chi connectivity index (χ3v) is 6.48. The van der Waals surface area contributed by atoms with Crippen molar-refractivity contribution in [1.29, 1.82) is 5.26 Å². The Hall–Kier alpha value is -3.57. The first-order valence-electron chi connectivity index (χ1n) is 10.7. The molecule has 8 heteroatoms. The Morgan fingerprint density at radius 3 is 2.75 bits per heavy atom. The third-order valence-electron chi connectivity index (χ3n) is 6.48. The molecule has 3 aromatic rings. The second-order valence-electron chi connectivity index (χ2n) is 8.48. The molecule has 2 N–H and O–H groups in total. The summed E-state index contributed by atoms with van der Waals surface area (Å²) >= 11 is 0. The van der Waals surface area contributed by atoms with Gasteiger partial charge in [0.05, 0.1) is 29.5 Å². The molecule has 0 radical (unpaired) electrons. The minimum Gasteiger partial charge on any atom is -0.385 e. The summed E-state index contributed by atoms with van der Waals surface area (Å²) in [4.78, 5) is 15.1. The van der Waals surface area contributed by atoms with Crippen molar-refractivity contribution < 1.29 is 9.50 Å². The van der Waals surface area contributed by atoms with Gasteiger partial charge in [-0.25, -0.2) is 15.0 Å². The molecule has 1 aliphatic carbocycles. The van der Waals surface area contributed by atoms with Gasteiger partial charge in [-0.05, 0) is 68.5 Å². The first-order valence-corrected chi connectivity index (χ1v) is 10.7. The van der Waals surface area contributed by atoms with Crippen molar-refractivity contribution in [3.8, 4) is 6.07 Å². The Balaban J connectivity index is 1.36. The molecule has 1 aromatic carbocycles. The van der Waals surface area contributed by atoms with Crippen molar-refractivity contribution in [2.24, 2.45) is 0 Å². The SMILES string of the molecule is Cc1cc(N2CCc3c(ncnc3Nc3ccc(C4(O)CCC4)c(F)n3)C2)ccc1C#N. The number of hydrogen-bond acceptors (Lipinski definition) is 7. The fraction of sp³-hybridized carbons (Fsp3) is 0.333. The second-order valence-corrected chi connectivity index (χ2v) is 8.48. The van der Waals surface area contributed by atoms with Gasteiger partial charge in [0, 0.05) is 23.4 Å². The van der Waals surface area contributed by atoms with Gasteiger partial charge >= 0.3 is 0 Å². The Bertz CT molecular complexity index is 1230. The summed E-state index contributed by atoms with van der Waals surface area (Å²) in [5.41, 5.74) is 3.73. The van der Waals surface area contributed by atoms with E-state index in [1.54, 1.807) is 12.1 Å². The van der Waals surface area contributed by atoms with Crippen LogP contribution in [0.15, 0.2) is 36.7 Å². The minimum absolute atomic E-state index is 0.257. The van der Waals surface area contributed by atoms with Crippen LogP contribution in [0.4, 0.5) is 21.7 Å². The van der Waals surface area contributed by atoms with Crippen LogP contribution in [0.2, 0.25) is 0 Å². The molecule has 0 saturated heterocycles. The Morgan fingerprint density at radius 2 is 2.06 bits per heavy atom. The molecule has 0 amide bonds. The highest BCUT2D eigenvalue weighted by atomic mass is 19.1. The summed E-state index contributed by atoms with van der Waals surface area (Å²) in [6.45, 7) is 3.32. The quantitative estimate of drug-likeness (QED) is 0.607. The number of fused-ring (bicyclic) bond motifs is 1. The maximum Gasteiger partial charge on any atom is 0.220 e. The molecule has 1 fully saturated rings. The van der Waals surface area contributed by atoms with Crippen LogP contribution >= 0.6 is 0 Å². The van der Waals surface area contributed by atoms with Crippen LogP contribution in [0.25, 0.3) is 0 Å². The van der Waals surface area contributed by atoms with E-state index in [-0.39, 0.29) is 5.56 Å². The van der Waals surface area contributed by atoms with Crippen molar-refractivity contribution in [2.75, 3.05) is 16.8 Å². The smallest absolute Gasteiger partial charge is 0.220 e. The van der Waals surface area contributed by atoms with Crippen molar-refractivity contribution in [1.82, 2.24) is 15.0 Å². The topological polar surface area (TPSA) is 98.0 Å². The molecule has 0 atom stereocenters. The summed E-state index contributed by atoms with van der Waals surface area (Å²) in [6, 6.07) is 11.3. The Kier molecular flexibility index (Phi) is 4.98. The van der Waals surface area contributed by atoms with Gasteiger partial charge in [0.15, 0.2) is 0 Å². The molecule has 0 bridgehead atoms. The average molecular weight is 430 g/mol. The maximum atomic E-state index is 14.6. The van der Waals surface area contributed by atoms with E-state index in [4.69, 9.17) is 5.26 Å². The zero-order valence-corrected chi connectivity index (χ0v) is 17.8. The predicted octanol–water partition coefficient (Wildman–Crippen LogP) is 3.87. The number of anilines is 3. The number of aromatic nitrogens is 3. The average Bonchev–Trinajstić information content (AvgIpc) is 2.77. The fourth-order valence-corrected chi connectivity index (χ4v) is 4.41. The molecule has 0 spiro atoms. The number of nitriles is 1. The second kappa shape index (κ2) is 7.84. The largest absolute Gasteiger partial charge is 0.385 e.